The number of hydrogen-bond donors (Lipinski definition) is 2. The van der Waals surface area contributed by atoms with Gasteiger partial charge in [-0.15, -0.1) is 0 Å². The number of nitrogens with two attached hydrogens (primary N) is 1. The topological polar surface area (TPSA) is 78.7 Å². The van der Waals surface area contributed by atoms with Gasteiger partial charge in [-0.25, -0.2) is 0 Å². The third-order valence-electron chi connectivity index (χ3n) is 5.20. The van der Waals surface area contributed by atoms with Crippen molar-refractivity contribution in [1.82, 2.24) is 4.90 Å². The normalized spacial score (nSPS) is 13.9. The number of anilines is 2. The highest BCUT2D eigenvalue weighted by molar-refractivity contribution is 5.96. The summed E-state index contributed by atoms with van der Waals surface area (Å²) in [6.07, 6.45) is 2.88. The van der Waals surface area contributed by atoms with Crippen molar-refractivity contribution in [2.24, 2.45) is 5.73 Å². The van der Waals surface area contributed by atoms with E-state index >= 15 is 0 Å². The number of benzene rings is 2. The van der Waals surface area contributed by atoms with Gasteiger partial charge in [0.05, 0.1) is 0 Å². The van der Waals surface area contributed by atoms with Crippen LogP contribution in [0.15, 0.2) is 54.6 Å². The zero-order valence-electron chi connectivity index (χ0n) is 16.8. The maximum absolute atomic E-state index is 12.4. The van der Waals surface area contributed by atoms with Crippen molar-refractivity contribution in [3.05, 3.63) is 60.2 Å². The first-order valence-corrected chi connectivity index (χ1v) is 10.3. The molecule has 1 saturated heterocycles. The molecule has 6 heteroatoms. The SMILES string of the molecule is NCCN(CCC(=O)Nc1ccc(N2CCCC2=O)cc1)CCc1ccccc1. The number of carbonyl (C=O) groups excluding carboxylic acids is 2. The van der Waals surface area contributed by atoms with E-state index in [2.05, 4.69) is 22.3 Å². The largest absolute Gasteiger partial charge is 0.329 e. The molecular formula is C23H30N4O2. The van der Waals surface area contributed by atoms with Gasteiger partial charge in [-0.1, -0.05) is 30.3 Å². The number of amides is 2. The molecule has 0 spiro atoms. The Morgan fingerprint density at radius 2 is 1.79 bits per heavy atom. The maximum Gasteiger partial charge on any atom is 0.227 e. The number of nitrogens with zero attached hydrogens (tertiary/aromatic N) is 2. The number of rotatable bonds is 10. The van der Waals surface area contributed by atoms with E-state index < -0.39 is 0 Å². The molecule has 0 radical (unpaired) electrons. The van der Waals surface area contributed by atoms with Crippen molar-refractivity contribution in [3.63, 3.8) is 0 Å². The van der Waals surface area contributed by atoms with Crippen molar-refractivity contribution in [2.75, 3.05) is 42.9 Å². The van der Waals surface area contributed by atoms with E-state index in [1.807, 2.05) is 42.5 Å². The Morgan fingerprint density at radius 1 is 1.03 bits per heavy atom. The van der Waals surface area contributed by atoms with E-state index in [0.717, 1.165) is 43.9 Å². The van der Waals surface area contributed by atoms with E-state index in [1.54, 1.807) is 4.90 Å². The van der Waals surface area contributed by atoms with Gasteiger partial charge in [-0.3, -0.25) is 9.59 Å². The first-order valence-electron chi connectivity index (χ1n) is 10.3. The molecule has 29 heavy (non-hydrogen) atoms. The Hall–Kier alpha value is -2.70. The molecule has 2 aromatic rings. The molecule has 6 nitrogen and oxygen atoms in total. The second kappa shape index (κ2) is 10.7. The van der Waals surface area contributed by atoms with Crippen LogP contribution in [0, 0.1) is 0 Å². The standard InChI is InChI=1S/C23H30N4O2/c24-14-18-26(16-12-19-5-2-1-3-6-19)17-13-22(28)25-20-8-10-21(11-9-20)27-15-4-7-23(27)29/h1-3,5-6,8-11H,4,7,12-18,24H2,(H,25,28). The van der Waals surface area contributed by atoms with Gasteiger partial charge in [-0.05, 0) is 42.7 Å². The third kappa shape index (κ3) is 6.41. The molecule has 0 aliphatic carbocycles. The Balaban J connectivity index is 1.45. The molecule has 1 heterocycles. The molecule has 0 saturated carbocycles. The van der Waals surface area contributed by atoms with Gasteiger partial charge in [0.25, 0.3) is 0 Å². The molecule has 3 N–H and O–H groups in total. The zero-order valence-corrected chi connectivity index (χ0v) is 16.8. The molecule has 1 fully saturated rings. The summed E-state index contributed by atoms with van der Waals surface area (Å²) < 4.78 is 0. The molecule has 154 valence electrons. The molecule has 0 bridgehead atoms. The van der Waals surface area contributed by atoms with E-state index in [4.69, 9.17) is 5.73 Å². The minimum atomic E-state index is -0.0169. The van der Waals surface area contributed by atoms with Crippen molar-refractivity contribution >= 4 is 23.2 Å². The molecule has 1 aliphatic rings. The Bertz CT molecular complexity index is 792. The van der Waals surface area contributed by atoms with Crippen LogP contribution in [0.3, 0.4) is 0 Å². The summed E-state index contributed by atoms with van der Waals surface area (Å²) >= 11 is 0. The predicted octanol–water partition coefficient (Wildman–Crippen LogP) is 2.65. The second-order valence-electron chi connectivity index (χ2n) is 7.36. The third-order valence-corrected chi connectivity index (χ3v) is 5.20. The van der Waals surface area contributed by atoms with Crippen molar-refractivity contribution in [1.29, 1.82) is 0 Å². The molecular weight excluding hydrogens is 364 g/mol. The summed E-state index contributed by atoms with van der Waals surface area (Å²) in [6, 6.07) is 17.8. The van der Waals surface area contributed by atoms with Gasteiger partial charge in [-0.2, -0.15) is 0 Å². The molecule has 2 amide bonds. The quantitative estimate of drug-likeness (QED) is 0.649. The monoisotopic (exact) mass is 394 g/mol. The summed E-state index contributed by atoms with van der Waals surface area (Å²) in [5.41, 5.74) is 8.66. The smallest absolute Gasteiger partial charge is 0.227 e. The van der Waals surface area contributed by atoms with Gasteiger partial charge >= 0.3 is 0 Å². The molecule has 0 atom stereocenters. The Morgan fingerprint density at radius 3 is 2.45 bits per heavy atom. The zero-order chi connectivity index (χ0) is 20.5. The van der Waals surface area contributed by atoms with Crippen LogP contribution in [0.1, 0.15) is 24.8 Å². The average Bonchev–Trinajstić information content (AvgIpc) is 3.17. The van der Waals surface area contributed by atoms with Gasteiger partial charge in [0.15, 0.2) is 0 Å². The highest BCUT2D eigenvalue weighted by Gasteiger charge is 2.21. The molecule has 2 aromatic carbocycles. The van der Waals surface area contributed by atoms with Gasteiger partial charge < -0.3 is 20.9 Å². The van der Waals surface area contributed by atoms with E-state index in [0.29, 0.717) is 25.9 Å². The average molecular weight is 395 g/mol. The Kier molecular flexibility index (Phi) is 7.78. The minimum Gasteiger partial charge on any atom is -0.329 e. The van der Waals surface area contributed by atoms with Crippen LogP contribution >= 0.6 is 0 Å². The van der Waals surface area contributed by atoms with Crippen LogP contribution in [0.5, 0.6) is 0 Å². The second-order valence-corrected chi connectivity index (χ2v) is 7.36. The lowest BCUT2D eigenvalue weighted by Gasteiger charge is -2.21. The summed E-state index contributed by atoms with van der Waals surface area (Å²) in [6.45, 7) is 3.68. The Labute approximate surface area is 172 Å². The van der Waals surface area contributed by atoms with Crippen LogP contribution in [0.2, 0.25) is 0 Å². The summed E-state index contributed by atoms with van der Waals surface area (Å²) in [7, 11) is 0. The first kappa shape index (κ1) is 21.0. The van der Waals surface area contributed by atoms with Gasteiger partial charge in [0, 0.05) is 56.9 Å². The van der Waals surface area contributed by atoms with Gasteiger partial charge in [0.2, 0.25) is 11.8 Å². The fraction of sp³-hybridized carbons (Fsp3) is 0.391. The van der Waals surface area contributed by atoms with Gasteiger partial charge in [0.1, 0.15) is 0 Å². The lowest BCUT2D eigenvalue weighted by Crippen LogP contribution is -2.34. The summed E-state index contributed by atoms with van der Waals surface area (Å²) in [5.74, 6) is 0.147. The molecule has 3 rings (SSSR count). The predicted molar refractivity (Wildman–Crippen MR) is 117 cm³/mol. The van der Waals surface area contributed by atoms with Crippen molar-refractivity contribution in [2.45, 2.75) is 25.7 Å². The lowest BCUT2D eigenvalue weighted by molar-refractivity contribution is -0.117. The molecule has 1 aliphatic heterocycles. The first-order chi connectivity index (χ1) is 14.2. The summed E-state index contributed by atoms with van der Waals surface area (Å²) in [5, 5.41) is 2.94. The van der Waals surface area contributed by atoms with E-state index in [9.17, 15) is 9.59 Å². The van der Waals surface area contributed by atoms with Crippen LogP contribution in [0.4, 0.5) is 11.4 Å². The number of carbonyl (C=O) groups is 2. The van der Waals surface area contributed by atoms with Crippen molar-refractivity contribution in [3.8, 4) is 0 Å². The van der Waals surface area contributed by atoms with E-state index in [-0.39, 0.29) is 11.8 Å². The highest BCUT2D eigenvalue weighted by Crippen LogP contribution is 2.23. The molecule has 0 aromatic heterocycles. The fourth-order valence-corrected chi connectivity index (χ4v) is 3.58. The molecule has 0 unspecified atom stereocenters. The van der Waals surface area contributed by atoms with Crippen LogP contribution in [0.25, 0.3) is 0 Å². The number of nitrogens with one attached hydrogen (secondary N) is 1. The fourth-order valence-electron chi connectivity index (χ4n) is 3.58. The minimum absolute atomic E-state index is 0.0169. The van der Waals surface area contributed by atoms with Crippen LogP contribution in [-0.2, 0) is 16.0 Å². The summed E-state index contributed by atoms with van der Waals surface area (Å²) in [4.78, 5) is 28.2. The van der Waals surface area contributed by atoms with Crippen LogP contribution < -0.4 is 16.0 Å². The maximum atomic E-state index is 12.4. The van der Waals surface area contributed by atoms with Crippen LogP contribution in [-0.4, -0.2) is 49.4 Å². The van der Waals surface area contributed by atoms with Crippen molar-refractivity contribution < 1.29 is 9.59 Å². The highest BCUT2D eigenvalue weighted by atomic mass is 16.2. The van der Waals surface area contributed by atoms with E-state index in [1.165, 1.54) is 5.56 Å². The lowest BCUT2D eigenvalue weighted by atomic mass is 10.1. The number of hydrogen-bond acceptors (Lipinski definition) is 4.